The zero-order valence-corrected chi connectivity index (χ0v) is 22.6. The van der Waals surface area contributed by atoms with E-state index in [-0.39, 0.29) is 29.6 Å². The number of nitrogens with zero attached hydrogens (tertiary/aromatic N) is 4. The molecule has 6 fully saturated rings. The molecule has 40 heavy (non-hydrogen) atoms. The molecule has 6 aliphatic rings. The molecule has 0 radical (unpaired) electrons. The summed E-state index contributed by atoms with van der Waals surface area (Å²) < 4.78 is 39.0. The third-order valence-corrected chi connectivity index (χ3v) is 10.4. The number of carbonyl (C=O) groups excluding carboxylic acids is 1. The van der Waals surface area contributed by atoms with Gasteiger partial charge in [-0.2, -0.15) is 4.98 Å². The summed E-state index contributed by atoms with van der Waals surface area (Å²) in [6.45, 7) is 0.538. The van der Waals surface area contributed by atoms with Crippen molar-refractivity contribution < 1.29 is 22.6 Å². The van der Waals surface area contributed by atoms with E-state index in [1.165, 1.54) is 0 Å². The summed E-state index contributed by atoms with van der Waals surface area (Å²) in [7, 11) is 0. The minimum Gasteiger partial charge on any atom is -0.360 e. The molecule has 2 heterocycles. The molecular weight excluding hydrogens is 514 g/mol. The van der Waals surface area contributed by atoms with Gasteiger partial charge in [-0.15, -0.1) is 0 Å². The molecule has 0 aliphatic heterocycles. The van der Waals surface area contributed by atoms with Crippen molar-refractivity contribution in [1.29, 1.82) is 0 Å². The van der Waals surface area contributed by atoms with E-state index >= 15 is 0 Å². The minimum absolute atomic E-state index is 0.0495. The van der Waals surface area contributed by atoms with E-state index in [1.807, 2.05) is 35.2 Å². The summed E-state index contributed by atoms with van der Waals surface area (Å²) in [4.78, 5) is 20.4. The quantitative estimate of drug-likeness (QED) is 0.297. The molecule has 2 bridgehead atoms. The highest BCUT2D eigenvalue weighted by Crippen LogP contribution is 2.58. The van der Waals surface area contributed by atoms with Crippen molar-refractivity contribution in [3.63, 3.8) is 0 Å². The van der Waals surface area contributed by atoms with Crippen LogP contribution in [0.25, 0.3) is 11.3 Å². The predicted octanol–water partition coefficient (Wildman–Crippen LogP) is 7.15. The number of alkyl halides is 2. The molecule has 0 atom stereocenters. The molecule has 9 rings (SSSR count). The first kappa shape index (κ1) is 24.7. The Morgan fingerprint density at radius 3 is 2.33 bits per heavy atom. The van der Waals surface area contributed by atoms with Gasteiger partial charge < -0.3 is 13.9 Å². The van der Waals surface area contributed by atoms with E-state index in [4.69, 9.17) is 14.0 Å². The van der Waals surface area contributed by atoms with Crippen LogP contribution in [0.4, 0.5) is 14.5 Å². The number of amides is 1. The number of fused-ring (bicyclic) bond motifs is 3. The van der Waals surface area contributed by atoms with E-state index in [0.717, 1.165) is 98.6 Å². The summed E-state index contributed by atoms with van der Waals surface area (Å²) in [5.41, 5.74) is 2.24. The lowest BCUT2D eigenvalue weighted by Crippen LogP contribution is -2.53. The normalized spacial score (nSPS) is 29.4. The van der Waals surface area contributed by atoms with Crippen LogP contribution in [0.3, 0.4) is 0 Å². The lowest BCUT2D eigenvalue weighted by atomic mass is 9.53. The highest BCUT2D eigenvalue weighted by molar-refractivity contribution is 5.96. The van der Waals surface area contributed by atoms with Crippen molar-refractivity contribution >= 4 is 11.6 Å². The number of aromatic nitrogens is 3. The maximum absolute atomic E-state index is 13.8. The van der Waals surface area contributed by atoms with Gasteiger partial charge in [-0.05, 0) is 81.8 Å². The smallest absolute Gasteiger partial charge is 0.249 e. The Kier molecular flexibility index (Phi) is 5.37. The number of carbonyl (C=O) groups is 1. The van der Waals surface area contributed by atoms with E-state index in [0.29, 0.717) is 18.4 Å². The maximum atomic E-state index is 13.8. The lowest BCUT2D eigenvalue weighted by molar-refractivity contribution is -0.148. The van der Waals surface area contributed by atoms with Gasteiger partial charge in [0.1, 0.15) is 11.5 Å². The minimum atomic E-state index is -2.75. The van der Waals surface area contributed by atoms with E-state index < -0.39 is 11.8 Å². The predicted molar refractivity (Wildman–Crippen MR) is 142 cm³/mol. The molecule has 1 aromatic carbocycles. The Balaban J connectivity index is 1.05. The van der Waals surface area contributed by atoms with Crippen molar-refractivity contribution in [2.24, 2.45) is 11.3 Å². The zero-order chi connectivity index (χ0) is 27.1. The van der Waals surface area contributed by atoms with Crippen LogP contribution in [0.5, 0.6) is 0 Å². The Hall–Kier alpha value is -3.10. The second-order valence-electron chi connectivity index (χ2n) is 13.3. The molecule has 0 unspecified atom stereocenters. The fourth-order valence-corrected chi connectivity index (χ4v) is 7.29. The molecule has 3 aromatic rings. The highest BCUT2D eigenvalue weighted by Gasteiger charge is 2.55. The van der Waals surface area contributed by atoms with Crippen LogP contribution >= 0.6 is 0 Å². The highest BCUT2D eigenvalue weighted by atomic mass is 19.3. The van der Waals surface area contributed by atoms with Gasteiger partial charge in [-0.25, -0.2) is 8.78 Å². The SMILES string of the molecule is O=C(C1CC(F)(F)C1)N(CC12CCC(c3nc(C4CC4)no3)(CC1)CC2)c1cccc(-c2cc(C3CC3)on2)c1. The second kappa shape index (κ2) is 8.70. The molecule has 0 spiro atoms. The number of hydrogen-bond donors (Lipinski definition) is 0. The third kappa shape index (κ3) is 4.27. The van der Waals surface area contributed by atoms with Gasteiger partial charge in [0.25, 0.3) is 0 Å². The van der Waals surface area contributed by atoms with Crippen LogP contribution in [-0.2, 0) is 10.2 Å². The molecule has 6 aliphatic carbocycles. The molecule has 2 aromatic heterocycles. The summed E-state index contributed by atoms with van der Waals surface area (Å²) in [6, 6.07) is 9.76. The van der Waals surface area contributed by atoms with Crippen molar-refractivity contribution in [3.8, 4) is 11.3 Å². The summed E-state index contributed by atoms with van der Waals surface area (Å²) in [5.74, 6) is -0.104. The van der Waals surface area contributed by atoms with E-state index in [2.05, 4.69) is 10.3 Å². The van der Waals surface area contributed by atoms with E-state index in [1.54, 1.807) is 0 Å². The number of halogens is 2. The largest absolute Gasteiger partial charge is 0.360 e. The van der Waals surface area contributed by atoms with Gasteiger partial charge in [0, 0.05) is 59.9 Å². The molecule has 7 nitrogen and oxygen atoms in total. The Labute approximate surface area is 231 Å². The van der Waals surface area contributed by atoms with E-state index in [9.17, 15) is 13.6 Å². The maximum Gasteiger partial charge on any atom is 0.249 e. The van der Waals surface area contributed by atoms with Crippen molar-refractivity contribution in [1.82, 2.24) is 15.3 Å². The number of rotatable bonds is 8. The van der Waals surface area contributed by atoms with Crippen molar-refractivity contribution in [3.05, 3.63) is 47.8 Å². The molecule has 210 valence electrons. The first-order chi connectivity index (χ1) is 19.3. The van der Waals surface area contributed by atoms with Crippen LogP contribution < -0.4 is 4.90 Å². The van der Waals surface area contributed by atoms with Gasteiger partial charge in [0.15, 0.2) is 5.82 Å². The fraction of sp³-hybridized carbons (Fsp3) is 0.613. The first-order valence-corrected chi connectivity index (χ1v) is 14.9. The molecule has 6 saturated carbocycles. The lowest BCUT2D eigenvalue weighted by Gasteiger charge is -2.53. The molecule has 0 N–H and O–H groups in total. The standard InChI is InChI=1S/C31H34F2N4O3/c32-31(33)16-22(17-31)27(38)37(23-3-1-2-21(14-23)24-15-25(39-35-24)19-4-5-19)18-29-8-11-30(12-9-29,13-10-29)28-34-26(36-40-28)20-6-7-20/h1-3,14-15,19-20,22H,4-13,16-18H2. The van der Waals surface area contributed by atoms with Crippen LogP contribution in [0.15, 0.2) is 39.4 Å². The van der Waals surface area contributed by atoms with Crippen LogP contribution in [0.2, 0.25) is 0 Å². The number of hydrogen-bond acceptors (Lipinski definition) is 6. The number of benzene rings is 1. The Morgan fingerprint density at radius 2 is 1.65 bits per heavy atom. The van der Waals surface area contributed by atoms with Gasteiger partial charge in [0.05, 0.1) is 0 Å². The van der Waals surface area contributed by atoms with Crippen LogP contribution in [0, 0.1) is 11.3 Å². The fourth-order valence-electron chi connectivity index (χ4n) is 7.29. The molecule has 1 amide bonds. The van der Waals surface area contributed by atoms with Crippen LogP contribution in [-0.4, -0.2) is 33.7 Å². The average Bonchev–Trinajstić information content (AvgIpc) is 3.89. The van der Waals surface area contributed by atoms with Crippen LogP contribution in [0.1, 0.15) is 106 Å². The summed E-state index contributed by atoms with van der Waals surface area (Å²) in [6.07, 6.45) is 9.51. The first-order valence-electron chi connectivity index (χ1n) is 14.9. The molecule has 0 saturated heterocycles. The monoisotopic (exact) mass is 548 g/mol. The van der Waals surface area contributed by atoms with Gasteiger partial charge in [0.2, 0.25) is 17.7 Å². The summed E-state index contributed by atoms with van der Waals surface area (Å²) >= 11 is 0. The molecular formula is C31H34F2N4O3. The Morgan fingerprint density at radius 1 is 0.925 bits per heavy atom. The molecule has 9 heteroatoms. The summed E-state index contributed by atoms with van der Waals surface area (Å²) in [5, 5.41) is 8.56. The second-order valence-corrected chi connectivity index (χ2v) is 13.3. The topological polar surface area (TPSA) is 85.3 Å². The third-order valence-electron chi connectivity index (χ3n) is 10.4. The van der Waals surface area contributed by atoms with Gasteiger partial charge in [-0.1, -0.05) is 22.4 Å². The number of anilines is 1. The zero-order valence-electron chi connectivity index (χ0n) is 22.6. The van der Waals surface area contributed by atoms with Gasteiger partial charge >= 0.3 is 0 Å². The van der Waals surface area contributed by atoms with Crippen molar-refractivity contribution in [2.45, 2.75) is 100 Å². The average molecular weight is 549 g/mol. The van der Waals surface area contributed by atoms with Crippen molar-refractivity contribution in [2.75, 3.05) is 11.4 Å². The Bertz CT molecular complexity index is 1420. The van der Waals surface area contributed by atoms with Gasteiger partial charge in [-0.3, -0.25) is 4.79 Å².